The summed E-state index contributed by atoms with van der Waals surface area (Å²) in [7, 11) is 3.28. The van der Waals surface area contributed by atoms with Gasteiger partial charge in [-0.2, -0.15) is 0 Å². The molecule has 1 atom stereocenters. The van der Waals surface area contributed by atoms with Gasteiger partial charge in [-0.25, -0.2) is 9.59 Å². The second-order valence-electron chi connectivity index (χ2n) is 11.3. The molecule has 0 aromatic rings. The molecule has 0 radical (unpaired) electrons. The monoisotopic (exact) mass is 585 g/mol. The van der Waals surface area contributed by atoms with Crippen molar-refractivity contribution >= 4 is 23.9 Å². The van der Waals surface area contributed by atoms with E-state index in [1.807, 2.05) is 11.6 Å². The zero-order valence-electron chi connectivity index (χ0n) is 26.1. The van der Waals surface area contributed by atoms with Crippen LogP contribution in [0.3, 0.4) is 0 Å². The Bertz CT molecular complexity index is 681. The highest BCUT2D eigenvalue weighted by Gasteiger charge is 2.29. The van der Waals surface area contributed by atoms with E-state index < -0.39 is 11.7 Å². The predicted molar refractivity (Wildman–Crippen MR) is 167 cm³/mol. The molecule has 0 aromatic carbocycles. The molecule has 1 unspecified atom stereocenters. The third-order valence-corrected chi connectivity index (χ3v) is 8.23. The molecule has 2 amide bonds. The van der Waals surface area contributed by atoms with E-state index in [0.717, 1.165) is 25.3 Å². The maximum atomic E-state index is 12.4. The van der Waals surface area contributed by atoms with Crippen LogP contribution in [-0.4, -0.2) is 80.5 Å². The van der Waals surface area contributed by atoms with Crippen LogP contribution in [0, 0.1) is 0 Å². The highest BCUT2D eigenvalue weighted by atomic mass is 32.2. The van der Waals surface area contributed by atoms with Crippen LogP contribution in [0.4, 0.5) is 9.59 Å². The highest BCUT2D eigenvalue weighted by Crippen LogP contribution is 2.15. The number of unbranched alkanes of at least 4 members (excludes halogenated alkanes) is 15. The Kier molecular flexibility index (Phi) is 21.9. The fraction of sp³-hybridized carbons (Fsp3) is 0.871. The van der Waals surface area contributed by atoms with Crippen LogP contribution in [0.2, 0.25) is 0 Å². The molecule has 0 bridgehead atoms. The SMILES string of the molecule is CCCCCCCCCCCCCCCCCCN(C)C(=O)OCC(C)(COC(=O)NCCN1C=CSC1)OC. The first kappa shape index (κ1) is 36.4. The summed E-state index contributed by atoms with van der Waals surface area (Å²) >= 11 is 1.72. The fourth-order valence-corrected chi connectivity index (χ4v) is 5.24. The fourth-order valence-electron chi connectivity index (χ4n) is 4.49. The van der Waals surface area contributed by atoms with E-state index in [1.54, 1.807) is 30.6 Å². The van der Waals surface area contributed by atoms with Gasteiger partial charge in [-0.1, -0.05) is 103 Å². The number of carbonyl (C=O) groups excluding carboxylic acids is 2. The lowest BCUT2D eigenvalue weighted by Crippen LogP contribution is -2.43. The second-order valence-corrected chi connectivity index (χ2v) is 12.2. The molecule has 0 saturated carbocycles. The van der Waals surface area contributed by atoms with Crippen LogP contribution >= 0.6 is 11.8 Å². The molecular weight excluding hydrogens is 526 g/mol. The number of nitrogens with one attached hydrogen (secondary N) is 1. The maximum absolute atomic E-state index is 12.4. The molecule has 0 spiro atoms. The Balaban J connectivity index is 1.99. The first-order valence-corrected chi connectivity index (χ1v) is 16.8. The van der Waals surface area contributed by atoms with Crippen LogP contribution in [-0.2, 0) is 14.2 Å². The van der Waals surface area contributed by atoms with Crippen molar-refractivity contribution < 1.29 is 23.8 Å². The molecular formula is C31H59N3O5S. The van der Waals surface area contributed by atoms with E-state index in [9.17, 15) is 9.59 Å². The van der Waals surface area contributed by atoms with Gasteiger partial charge in [0.1, 0.15) is 18.8 Å². The van der Waals surface area contributed by atoms with Gasteiger partial charge in [0, 0.05) is 40.0 Å². The summed E-state index contributed by atoms with van der Waals surface area (Å²) in [5.41, 5.74) is -0.906. The molecule has 1 aliphatic heterocycles. The van der Waals surface area contributed by atoms with Gasteiger partial charge in [-0.15, -0.1) is 11.8 Å². The number of hydrogen-bond donors (Lipinski definition) is 1. The standard InChI is InChI=1S/C31H59N3O5S/c1-5-6-7-8-9-10-11-12-13-14-15-16-17-18-19-20-22-33(3)30(36)39-27-31(2,37-4)26-38-29(35)32-21-23-34-24-25-40-28-34/h24-25H,5-23,26-28H2,1-4H3,(H,32,35). The number of thioether (sulfide) groups is 1. The van der Waals surface area contributed by atoms with Gasteiger partial charge in [-0.05, 0) is 18.8 Å². The Morgan fingerprint density at radius 1 is 0.875 bits per heavy atom. The molecule has 0 fully saturated rings. The summed E-state index contributed by atoms with van der Waals surface area (Å²) in [6, 6.07) is 0. The number of alkyl carbamates (subject to hydrolysis) is 1. The summed E-state index contributed by atoms with van der Waals surface area (Å²) in [6.45, 7) is 5.92. The van der Waals surface area contributed by atoms with E-state index in [0.29, 0.717) is 13.1 Å². The molecule has 1 heterocycles. The number of carbonyl (C=O) groups is 2. The molecule has 1 aliphatic rings. The van der Waals surface area contributed by atoms with Crippen LogP contribution in [0.15, 0.2) is 11.6 Å². The molecule has 0 aromatic heterocycles. The van der Waals surface area contributed by atoms with E-state index in [1.165, 1.54) is 97.0 Å². The maximum Gasteiger partial charge on any atom is 0.409 e. The molecule has 40 heavy (non-hydrogen) atoms. The Morgan fingerprint density at radius 3 is 1.90 bits per heavy atom. The molecule has 234 valence electrons. The van der Waals surface area contributed by atoms with Crippen molar-refractivity contribution in [3.8, 4) is 0 Å². The van der Waals surface area contributed by atoms with Crippen molar-refractivity contribution in [1.29, 1.82) is 0 Å². The van der Waals surface area contributed by atoms with E-state index in [4.69, 9.17) is 14.2 Å². The molecule has 1 N–H and O–H groups in total. The minimum absolute atomic E-state index is 0.00864. The van der Waals surface area contributed by atoms with Gasteiger partial charge < -0.3 is 29.3 Å². The lowest BCUT2D eigenvalue weighted by Gasteiger charge is -2.28. The van der Waals surface area contributed by atoms with Crippen LogP contribution in [0.5, 0.6) is 0 Å². The number of amides is 2. The van der Waals surface area contributed by atoms with E-state index >= 15 is 0 Å². The summed E-state index contributed by atoms with van der Waals surface area (Å²) in [6.07, 6.45) is 22.4. The molecule has 0 saturated heterocycles. The van der Waals surface area contributed by atoms with Crippen LogP contribution in [0.1, 0.15) is 117 Å². The molecule has 1 rings (SSSR count). The van der Waals surface area contributed by atoms with Crippen molar-refractivity contribution in [2.45, 2.75) is 122 Å². The minimum atomic E-state index is -0.906. The quantitative estimate of drug-likeness (QED) is 0.109. The Morgan fingerprint density at radius 2 is 1.40 bits per heavy atom. The number of rotatable bonds is 25. The zero-order valence-corrected chi connectivity index (χ0v) is 26.9. The van der Waals surface area contributed by atoms with E-state index in [-0.39, 0.29) is 19.3 Å². The topological polar surface area (TPSA) is 80.3 Å². The number of hydrogen-bond acceptors (Lipinski definition) is 7. The van der Waals surface area contributed by atoms with Gasteiger partial charge in [-0.3, -0.25) is 0 Å². The predicted octanol–water partition coefficient (Wildman–Crippen LogP) is 7.93. The van der Waals surface area contributed by atoms with Crippen molar-refractivity contribution in [2.75, 3.05) is 52.9 Å². The Hall–Kier alpha value is -1.61. The third kappa shape index (κ3) is 19.5. The molecule has 0 aliphatic carbocycles. The third-order valence-electron chi connectivity index (χ3n) is 7.44. The average Bonchev–Trinajstić information content (AvgIpc) is 3.48. The number of methoxy groups -OCH3 is 1. The normalized spacial score (nSPS) is 14.2. The van der Waals surface area contributed by atoms with Gasteiger partial charge in [0.2, 0.25) is 0 Å². The van der Waals surface area contributed by atoms with Gasteiger partial charge in [0.05, 0.1) is 5.88 Å². The van der Waals surface area contributed by atoms with Gasteiger partial charge in [0.25, 0.3) is 0 Å². The van der Waals surface area contributed by atoms with Gasteiger partial charge in [0.15, 0.2) is 0 Å². The van der Waals surface area contributed by atoms with Crippen LogP contribution < -0.4 is 5.32 Å². The lowest BCUT2D eigenvalue weighted by molar-refractivity contribution is -0.0798. The molecule has 9 heteroatoms. The van der Waals surface area contributed by atoms with Crippen molar-refractivity contribution in [2.24, 2.45) is 0 Å². The lowest BCUT2D eigenvalue weighted by atomic mass is 10.0. The second kappa shape index (κ2) is 24.0. The first-order chi connectivity index (χ1) is 19.4. The summed E-state index contributed by atoms with van der Waals surface area (Å²) in [5, 5.41) is 4.76. The summed E-state index contributed by atoms with van der Waals surface area (Å²) < 4.78 is 16.2. The summed E-state index contributed by atoms with van der Waals surface area (Å²) in [5.74, 6) is 0.901. The molecule has 8 nitrogen and oxygen atoms in total. The Labute approximate surface area is 249 Å². The largest absolute Gasteiger partial charge is 0.446 e. The average molecular weight is 586 g/mol. The number of nitrogens with zero attached hydrogens (tertiary/aromatic N) is 2. The van der Waals surface area contributed by atoms with E-state index in [2.05, 4.69) is 17.1 Å². The first-order valence-electron chi connectivity index (χ1n) is 15.8. The van der Waals surface area contributed by atoms with Gasteiger partial charge >= 0.3 is 12.2 Å². The van der Waals surface area contributed by atoms with Crippen LogP contribution in [0.25, 0.3) is 0 Å². The smallest absolute Gasteiger partial charge is 0.409 e. The number of ether oxygens (including phenoxy) is 3. The summed E-state index contributed by atoms with van der Waals surface area (Å²) in [4.78, 5) is 28.1. The van der Waals surface area contributed by atoms with Crippen molar-refractivity contribution in [3.05, 3.63) is 11.6 Å². The zero-order chi connectivity index (χ0) is 29.3. The minimum Gasteiger partial charge on any atom is -0.446 e. The highest BCUT2D eigenvalue weighted by molar-refractivity contribution is 8.02. The van der Waals surface area contributed by atoms with Crippen molar-refractivity contribution in [3.63, 3.8) is 0 Å². The van der Waals surface area contributed by atoms with Crippen molar-refractivity contribution in [1.82, 2.24) is 15.1 Å².